The number of hydrogen-bond donors (Lipinski definition) is 1. The first-order chi connectivity index (χ1) is 14.1. The molecule has 2 aromatic rings. The lowest BCUT2D eigenvalue weighted by Gasteiger charge is -2.31. The van der Waals surface area contributed by atoms with Gasteiger partial charge in [0.15, 0.2) is 0 Å². The third-order valence-corrected chi connectivity index (χ3v) is 5.17. The number of amides is 1. The molecule has 1 aliphatic rings. The zero-order chi connectivity index (χ0) is 20.5. The predicted octanol–water partition coefficient (Wildman–Crippen LogP) is 3.17. The summed E-state index contributed by atoms with van der Waals surface area (Å²) in [6, 6.07) is 14.4. The molecule has 2 aromatic carbocycles. The predicted molar refractivity (Wildman–Crippen MR) is 110 cm³/mol. The Balaban J connectivity index is 1.41. The molecule has 1 N–H and O–H groups in total. The van der Waals surface area contributed by atoms with Crippen molar-refractivity contribution >= 4 is 5.91 Å². The van der Waals surface area contributed by atoms with E-state index in [9.17, 15) is 9.18 Å². The Hall–Kier alpha value is -2.44. The summed E-state index contributed by atoms with van der Waals surface area (Å²) >= 11 is 0. The molecule has 5 nitrogen and oxygen atoms in total. The zero-order valence-corrected chi connectivity index (χ0v) is 16.9. The maximum Gasteiger partial charge on any atom is 0.224 e. The third-order valence-electron chi connectivity index (χ3n) is 5.17. The second-order valence-corrected chi connectivity index (χ2v) is 7.40. The quantitative estimate of drug-likeness (QED) is 0.703. The minimum Gasteiger partial charge on any atom is -0.492 e. The summed E-state index contributed by atoms with van der Waals surface area (Å²) < 4.78 is 24.5. The van der Waals surface area contributed by atoms with Crippen molar-refractivity contribution < 1.29 is 18.7 Å². The molecule has 0 aromatic heterocycles. The number of ether oxygens (including phenoxy) is 2. The summed E-state index contributed by atoms with van der Waals surface area (Å²) in [7, 11) is 2.13. The molecule has 1 aliphatic heterocycles. The van der Waals surface area contributed by atoms with Crippen LogP contribution in [-0.4, -0.2) is 50.3 Å². The van der Waals surface area contributed by atoms with Crippen LogP contribution < -0.4 is 10.1 Å². The highest BCUT2D eigenvalue weighted by molar-refractivity contribution is 5.78. The molecule has 0 unspecified atom stereocenters. The third kappa shape index (κ3) is 7.15. The van der Waals surface area contributed by atoms with Gasteiger partial charge in [-0.25, -0.2) is 4.39 Å². The lowest BCUT2D eigenvalue weighted by Crippen LogP contribution is -2.38. The van der Waals surface area contributed by atoms with Gasteiger partial charge in [0, 0.05) is 32.3 Å². The van der Waals surface area contributed by atoms with E-state index in [4.69, 9.17) is 9.47 Å². The number of nitrogens with zero attached hydrogens (tertiary/aromatic N) is 1. The molecule has 1 fully saturated rings. The van der Waals surface area contributed by atoms with Crippen LogP contribution in [0.15, 0.2) is 48.5 Å². The van der Waals surface area contributed by atoms with Gasteiger partial charge < -0.3 is 14.8 Å². The van der Waals surface area contributed by atoms with Crippen LogP contribution in [-0.2, 0) is 22.5 Å². The number of likely N-dealkylation sites (N-methyl/N-ethyl adjacent to an activating group) is 1. The van der Waals surface area contributed by atoms with Crippen molar-refractivity contribution in [2.45, 2.75) is 31.8 Å². The van der Waals surface area contributed by atoms with Gasteiger partial charge in [0.05, 0.1) is 6.42 Å². The Bertz CT molecular complexity index is 793. The van der Waals surface area contributed by atoms with Gasteiger partial charge in [0.1, 0.15) is 18.2 Å². The summed E-state index contributed by atoms with van der Waals surface area (Å²) in [4.78, 5) is 14.4. The first kappa shape index (κ1) is 21.3. The van der Waals surface area contributed by atoms with Gasteiger partial charge in [-0.3, -0.25) is 9.69 Å². The first-order valence-corrected chi connectivity index (χ1v) is 10.1. The van der Waals surface area contributed by atoms with E-state index < -0.39 is 0 Å². The Morgan fingerprint density at radius 2 is 1.93 bits per heavy atom. The van der Waals surface area contributed by atoms with Gasteiger partial charge in [-0.2, -0.15) is 0 Å². The lowest BCUT2D eigenvalue weighted by molar-refractivity contribution is -0.120. The fraction of sp³-hybridized carbons (Fsp3) is 0.435. The molecule has 3 rings (SSSR count). The largest absolute Gasteiger partial charge is 0.492 e. The summed E-state index contributed by atoms with van der Waals surface area (Å²) in [6.07, 6.45) is 2.30. The van der Waals surface area contributed by atoms with Gasteiger partial charge in [0.2, 0.25) is 5.91 Å². The van der Waals surface area contributed by atoms with E-state index in [0.29, 0.717) is 24.8 Å². The SMILES string of the molecule is CN(CCOc1cccc(CNC(=O)Cc2cccc(F)c2)c1)C1CCOCC1. The Morgan fingerprint density at radius 1 is 1.17 bits per heavy atom. The number of benzene rings is 2. The summed E-state index contributed by atoms with van der Waals surface area (Å²) in [5.41, 5.74) is 1.63. The van der Waals surface area contributed by atoms with Crippen molar-refractivity contribution in [3.8, 4) is 5.75 Å². The molecule has 6 heteroatoms. The Labute approximate surface area is 171 Å². The van der Waals surface area contributed by atoms with Crippen LogP contribution >= 0.6 is 0 Å². The molecule has 1 saturated heterocycles. The molecule has 0 atom stereocenters. The highest BCUT2D eigenvalue weighted by Crippen LogP contribution is 2.15. The molecule has 1 heterocycles. The molecular weight excluding hydrogens is 371 g/mol. The number of hydrogen-bond acceptors (Lipinski definition) is 4. The highest BCUT2D eigenvalue weighted by Gasteiger charge is 2.18. The maximum absolute atomic E-state index is 13.2. The van der Waals surface area contributed by atoms with Crippen molar-refractivity contribution in [3.05, 3.63) is 65.5 Å². The van der Waals surface area contributed by atoms with Crippen LogP contribution in [0.2, 0.25) is 0 Å². The monoisotopic (exact) mass is 400 g/mol. The average molecular weight is 400 g/mol. The summed E-state index contributed by atoms with van der Waals surface area (Å²) in [5.74, 6) is 0.324. The van der Waals surface area contributed by atoms with Gasteiger partial charge in [0.25, 0.3) is 0 Å². The van der Waals surface area contributed by atoms with E-state index in [1.165, 1.54) is 12.1 Å². The molecular formula is C23H29FN2O3. The zero-order valence-electron chi connectivity index (χ0n) is 16.9. The van der Waals surface area contributed by atoms with E-state index in [0.717, 1.165) is 43.9 Å². The van der Waals surface area contributed by atoms with Crippen molar-refractivity contribution in [1.29, 1.82) is 0 Å². The average Bonchev–Trinajstić information content (AvgIpc) is 2.73. The van der Waals surface area contributed by atoms with E-state index in [-0.39, 0.29) is 18.1 Å². The van der Waals surface area contributed by atoms with Crippen molar-refractivity contribution in [2.24, 2.45) is 0 Å². The second-order valence-electron chi connectivity index (χ2n) is 7.40. The number of rotatable bonds is 9. The van der Waals surface area contributed by atoms with Gasteiger partial charge in [-0.05, 0) is 55.3 Å². The number of carbonyl (C=O) groups is 1. The first-order valence-electron chi connectivity index (χ1n) is 10.1. The van der Waals surface area contributed by atoms with Gasteiger partial charge >= 0.3 is 0 Å². The van der Waals surface area contributed by atoms with E-state index >= 15 is 0 Å². The highest BCUT2D eigenvalue weighted by atomic mass is 19.1. The van der Waals surface area contributed by atoms with Gasteiger partial charge in [-0.15, -0.1) is 0 Å². The van der Waals surface area contributed by atoms with Crippen LogP contribution in [0.4, 0.5) is 4.39 Å². The second kappa shape index (κ2) is 10.9. The molecule has 0 aliphatic carbocycles. The molecule has 1 amide bonds. The molecule has 0 bridgehead atoms. The lowest BCUT2D eigenvalue weighted by atomic mass is 10.1. The van der Waals surface area contributed by atoms with Crippen LogP contribution in [0.1, 0.15) is 24.0 Å². The van der Waals surface area contributed by atoms with Crippen molar-refractivity contribution in [1.82, 2.24) is 10.2 Å². The topological polar surface area (TPSA) is 50.8 Å². The smallest absolute Gasteiger partial charge is 0.224 e. The van der Waals surface area contributed by atoms with E-state index in [1.807, 2.05) is 24.3 Å². The molecule has 156 valence electrons. The number of carbonyl (C=O) groups excluding carboxylic acids is 1. The van der Waals surface area contributed by atoms with E-state index in [2.05, 4.69) is 17.3 Å². The van der Waals surface area contributed by atoms with Crippen molar-refractivity contribution in [2.75, 3.05) is 33.4 Å². The minimum atomic E-state index is -0.331. The van der Waals surface area contributed by atoms with Crippen LogP contribution in [0.3, 0.4) is 0 Å². The fourth-order valence-corrected chi connectivity index (χ4v) is 3.46. The standard InChI is InChI=1S/C23H29FN2O3/c1-26(21-8-11-28-12-9-21)10-13-29-22-7-3-5-19(15-22)17-25-23(27)16-18-4-2-6-20(24)14-18/h2-7,14-15,21H,8-13,16-17H2,1H3,(H,25,27). The maximum atomic E-state index is 13.2. The van der Waals surface area contributed by atoms with Crippen LogP contribution in [0.25, 0.3) is 0 Å². The van der Waals surface area contributed by atoms with Crippen LogP contribution in [0, 0.1) is 5.82 Å². The normalized spacial score (nSPS) is 14.7. The Morgan fingerprint density at radius 3 is 2.72 bits per heavy atom. The molecule has 0 spiro atoms. The molecule has 0 radical (unpaired) electrons. The number of halogens is 1. The number of nitrogens with one attached hydrogen (secondary N) is 1. The van der Waals surface area contributed by atoms with Crippen LogP contribution in [0.5, 0.6) is 5.75 Å². The van der Waals surface area contributed by atoms with Gasteiger partial charge in [-0.1, -0.05) is 24.3 Å². The molecule has 29 heavy (non-hydrogen) atoms. The summed E-state index contributed by atoms with van der Waals surface area (Å²) in [6.45, 7) is 3.56. The summed E-state index contributed by atoms with van der Waals surface area (Å²) in [5, 5.41) is 2.87. The fourth-order valence-electron chi connectivity index (χ4n) is 3.46. The van der Waals surface area contributed by atoms with Crippen molar-refractivity contribution in [3.63, 3.8) is 0 Å². The van der Waals surface area contributed by atoms with E-state index in [1.54, 1.807) is 12.1 Å². The minimum absolute atomic E-state index is 0.139. The Kier molecular flexibility index (Phi) is 8.02. The molecule has 0 saturated carbocycles.